The molecule has 5 rings (SSSR count). The number of pyridine rings is 1. The summed E-state index contributed by atoms with van der Waals surface area (Å²) in [5.74, 6) is 0.968. The maximum Gasteiger partial charge on any atom is 0.332 e. The summed E-state index contributed by atoms with van der Waals surface area (Å²) in [7, 11) is 4.64. The third kappa shape index (κ3) is 3.40. The van der Waals surface area contributed by atoms with Crippen LogP contribution in [0.15, 0.2) is 46.1 Å². The summed E-state index contributed by atoms with van der Waals surface area (Å²) in [6, 6.07) is 9.14. The minimum atomic E-state index is -0.472. The topological polar surface area (TPSA) is 102 Å². The molecular formula is C24H25N5O4. The van der Waals surface area contributed by atoms with Gasteiger partial charge in [-0.05, 0) is 54.7 Å². The molecule has 1 N–H and O–H groups in total. The molecule has 170 valence electrons. The number of rotatable bonds is 3. The molecule has 3 aromatic heterocycles. The Labute approximate surface area is 189 Å². The number of fused-ring (bicyclic) bond motifs is 2. The lowest BCUT2D eigenvalue weighted by molar-refractivity contribution is 0.0707. The van der Waals surface area contributed by atoms with Gasteiger partial charge < -0.3 is 14.6 Å². The number of carbonyl (C=O) groups excluding carboxylic acids is 1. The molecule has 1 aliphatic rings. The molecule has 33 heavy (non-hydrogen) atoms. The molecule has 1 amide bonds. The number of aromatic amines is 1. The van der Waals surface area contributed by atoms with E-state index in [-0.39, 0.29) is 17.2 Å². The SMILES string of the molecule is COc1ccc2[nH]cc(C3CCN(C(=O)c4ccc5c(=O)n(C)c(=O)n(C)c5n4)CC3)c2c1. The molecule has 0 saturated carbocycles. The predicted molar refractivity (Wildman–Crippen MR) is 125 cm³/mol. The van der Waals surface area contributed by atoms with Crippen LogP contribution in [0.2, 0.25) is 0 Å². The average Bonchev–Trinajstić information content (AvgIpc) is 3.28. The molecule has 4 aromatic rings. The quantitative estimate of drug-likeness (QED) is 0.518. The van der Waals surface area contributed by atoms with Gasteiger partial charge in [-0.2, -0.15) is 0 Å². The van der Waals surface area contributed by atoms with E-state index in [2.05, 4.69) is 16.2 Å². The molecule has 0 radical (unpaired) electrons. The van der Waals surface area contributed by atoms with Crippen LogP contribution in [0, 0.1) is 0 Å². The van der Waals surface area contributed by atoms with E-state index in [1.807, 2.05) is 18.2 Å². The summed E-state index contributed by atoms with van der Waals surface area (Å²) in [5, 5.41) is 1.46. The lowest BCUT2D eigenvalue weighted by Gasteiger charge is -2.32. The first-order valence-electron chi connectivity index (χ1n) is 10.9. The third-order valence-electron chi connectivity index (χ3n) is 6.66. The van der Waals surface area contributed by atoms with Crippen LogP contribution in [0.3, 0.4) is 0 Å². The minimum Gasteiger partial charge on any atom is -0.497 e. The van der Waals surface area contributed by atoms with E-state index in [0.717, 1.165) is 34.1 Å². The number of nitrogens with zero attached hydrogens (tertiary/aromatic N) is 4. The molecule has 0 unspecified atom stereocenters. The van der Waals surface area contributed by atoms with Crippen molar-refractivity contribution in [3.05, 3.63) is 68.6 Å². The molecule has 1 aromatic carbocycles. The number of aromatic nitrogens is 4. The van der Waals surface area contributed by atoms with Gasteiger partial charge in [-0.25, -0.2) is 9.78 Å². The zero-order chi connectivity index (χ0) is 23.3. The number of H-pyrrole nitrogens is 1. The Morgan fingerprint density at radius 3 is 2.55 bits per heavy atom. The van der Waals surface area contributed by atoms with Gasteiger partial charge in [0.15, 0.2) is 0 Å². The Bertz CT molecular complexity index is 1510. The molecule has 9 heteroatoms. The van der Waals surface area contributed by atoms with Gasteiger partial charge in [0.05, 0.1) is 12.5 Å². The fourth-order valence-electron chi connectivity index (χ4n) is 4.71. The highest BCUT2D eigenvalue weighted by Crippen LogP contribution is 2.35. The third-order valence-corrected chi connectivity index (χ3v) is 6.66. The fraction of sp³-hybridized carbons (Fsp3) is 0.333. The van der Waals surface area contributed by atoms with E-state index in [1.54, 1.807) is 31.2 Å². The second kappa shape index (κ2) is 7.91. The Morgan fingerprint density at radius 1 is 1.06 bits per heavy atom. The number of benzene rings is 1. The van der Waals surface area contributed by atoms with Crippen molar-refractivity contribution < 1.29 is 9.53 Å². The van der Waals surface area contributed by atoms with Gasteiger partial charge in [0.2, 0.25) is 0 Å². The monoisotopic (exact) mass is 447 g/mol. The average molecular weight is 447 g/mol. The van der Waals surface area contributed by atoms with Crippen molar-refractivity contribution in [2.45, 2.75) is 18.8 Å². The first-order chi connectivity index (χ1) is 15.9. The van der Waals surface area contributed by atoms with Crippen LogP contribution in [0.4, 0.5) is 0 Å². The number of likely N-dealkylation sites (tertiary alicyclic amines) is 1. The van der Waals surface area contributed by atoms with Crippen molar-refractivity contribution >= 4 is 27.8 Å². The molecule has 1 aliphatic heterocycles. The first kappa shape index (κ1) is 21.0. The predicted octanol–water partition coefficient (Wildman–Crippen LogP) is 2.14. The normalized spacial score (nSPS) is 14.8. The molecule has 1 fully saturated rings. The maximum absolute atomic E-state index is 13.2. The number of hydrogen-bond acceptors (Lipinski definition) is 5. The molecule has 0 atom stereocenters. The van der Waals surface area contributed by atoms with Crippen LogP contribution in [-0.2, 0) is 14.1 Å². The summed E-state index contributed by atoms with van der Waals surface area (Å²) in [5.41, 5.74) is 1.88. The Morgan fingerprint density at radius 2 is 1.82 bits per heavy atom. The minimum absolute atomic E-state index is 0.191. The smallest absolute Gasteiger partial charge is 0.332 e. The van der Waals surface area contributed by atoms with Gasteiger partial charge in [-0.1, -0.05) is 0 Å². The number of carbonyl (C=O) groups is 1. The summed E-state index contributed by atoms with van der Waals surface area (Å²) in [4.78, 5) is 47.3. The van der Waals surface area contributed by atoms with Crippen LogP contribution in [0.5, 0.6) is 5.75 Å². The molecule has 1 saturated heterocycles. The Hall–Kier alpha value is -3.88. The molecule has 0 bridgehead atoms. The van der Waals surface area contributed by atoms with Gasteiger partial charge in [0, 0.05) is 44.3 Å². The lowest BCUT2D eigenvalue weighted by atomic mass is 9.89. The van der Waals surface area contributed by atoms with E-state index >= 15 is 0 Å². The number of nitrogens with one attached hydrogen (secondary N) is 1. The summed E-state index contributed by atoms with van der Waals surface area (Å²) >= 11 is 0. The van der Waals surface area contributed by atoms with E-state index < -0.39 is 11.2 Å². The molecular weight excluding hydrogens is 422 g/mol. The maximum atomic E-state index is 13.2. The Kier molecular flexibility index (Phi) is 5.03. The van der Waals surface area contributed by atoms with Crippen molar-refractivity contribution in [1.82, 2.24) is 24.0 Å². The van der Waals surface area contributed by atoms with Gasteiger partial charge in [0.1, 0.15) is 17.1 Å². The van der Waals surface area contributed by atoms with E-state index in [1.165, 1.54) is 17.2 Å². The van der Waals surface area contributed by atoms with Crippen molar-refractivity contribution in [3.63, 3.8) is 0 Å². The first-order valence-corrected chi connectivity index (χ1v) is 10.9. The van der Waals surface area contributed by atoms with Crippen LogP contribution in [0.25, 0.3) is 21.9 Å². The van der Waals surface area contributed by atoms with Crippen LogP contribution in [0.1, 0.15) is 34.8 Å². The van der Waals surface area contributed by atoms with Crippen LogP contribution >= 0.6 is 0 Å². The van der Waals surface area contributed by atoms with Gasteiger partial charge in [0.25, 0.3) is 11.5 Å². The molecule has 0 spiro atoms. The standard InChI is InChI=1S/C24H25N5O4/c1-27-21-16(22(30)28(2)24(27)32)5-7-20(26-21)23(31)29-10-8-14(9-11-29)18-13-25-19-6-4-15(33-3)12-17(18)19/h4-7,12-14,25H,8-11H2,1-3H3. The summed E-state index contributed by atoms with van der Waals surface area (Å²) < 4.78 is 7.71. The second-order valence-corrected chi connectivity index (χ2v) is 8.50. The zero-order valence-electron chi connectivity index (χ0n) is 18.8. The number of aryl methyl sites for hydroxylation is 1. The number of hydrogen-bond donors (Lipinski definition) is 1. The highest BCUT2D eigenvalue weighted by atomic mass is 16.5. The largest absolute Gasteiger partial charge is 0.497 e. The van der Waals surface area contributed by atoms with Gasteiger partial charge in [-0.3, -0.25) is 18.7 Å². The van der Waals surface area contributed by atoms with Crippen molar-refractivity contribution in [3.8, 4) is 5.75 Å². The van der Waals surface area contributed by atoms with Crippen molar-refractivity contribution in [2.24, 2.45) is 14.1 Å². The summed E-state index contributed by atoms with van der Waals surface area (Å²) in [6.45, 7) is 1.21. The van der Waals surface area contributed by atoms with Crippen LogP contribution < -0.4 is 16.0 Å². The molecule has 4 heterocycles. The highest BCUT2D eigenvalue weighted by Gasteiger charge is 2.27. The summed E-state index contributed by atoms with van der Waals surface area (Å²) in [6.07, 6.45) is 3.73. The van der Waals surface area contributed by atoms with Crippen LogP contribution in [-0.4, -0.2) is 50.1 Å². The number of ether oxygens (including phenoxy) is 1. The van der Waals surface area contributed by atoms with Crippen molar-refractivity contribution in [1.29, 1.82) is 0 Å². The number of methoxy groups -OCH3 is 1. The number of amides is 1. The lowest BCUT2D eigenvalue weighted by Crippen LogP contribution is -2.39. The molecule has 0 aliphatic carbocycles. The second-order valence-electron chi connectivity index (χ2n) is 8.50. The van der Waals surface area contributed by atoms with E-state index in [4.69, 9.17) is 4.74 Å². The Balaban J connectivity index is 1.37. The number of piperidine rings is 1. The van der Waals surface area contributed by atoms with Crippen molar-refractivity contribution in [2.75, 3.05) is 20.2 Å². The molecule has 9 nitrogen and oxygen atoms in total. The zero-order valence-corrected chi connectivity index (χ0v) is 18.8. The fourth-order valence-corrected chi connectivity index (χ4v) is 4.71. The van der Waals surface area contributed by atoms with E-state index in [9.17, 15) is 14.4 Å². The highest BCUT2D eigenvalue weighted by molar-refractivity contribution is 5.94. The van der Waals surface area contributed by atoms with Gasteiger partial charge >= 0.3 is 5.69 Å². The van der Waals surface area contributed by atoms with Gasteiger partial charge in [-0.15, -0.1) is 0 Å². The van der Waals surface area contributed by atoms with E-state index in [0.29, 0.717) is 24.4 Å².